The summed E-state index contributed by atoms with van der Waals surface area (Å²) in [5.74, 6) is -0.391. The zero-order valence-corrected chi connectivity index (χ0v) is 10.5. The predicted octanol–water partition coefficient (Wildman–Crippen LogP) is 4.05. The van der Waals surface area contributed by atoms with Gasteiger partial charge in [0.25, 0.3) is 0 Å². The van der Waals surface area contributed by atoms with Crippen LogP contribution in [0.1, 0.15) is 11.1 Å². The molecule has 2 nitrogen and oxygen atoms in total. The highest BCUT2D eigenvalue weighted by molar-refractivity contribution is 6.30. The number of hydrogen-bond donors (Lipinski definition) is 0. The molecule has 92 valence electrons. The van der Waals surface area contributed by atoms with Crippen molar-refractivity contribution in [2.75, 3.05) is 0 Å². The minimum Gasteiger partial charge on any atom is -0.618 e. The van der Waals surface area contributed by atoms with E-state index >= 15 is 0 Å². The van der Waals surface area contributed by atoms with Crippen molar-refractivity contribution in [3.63, 3.8) is 0 Å². The smallest absolute Gasteiger partial charge is 0.222 e. The van der Waals surface area contributed by atoms with E-state index in [2.05, 4.69) is 0 Å². The highest BCUT2D eigenvalue weighted by Crippen LogP contribution is 2.20. The van der Waals surface area contributed by atoms with Gasteiger partial charge in [0.1, 0.15) is 5.82 Å². The van der Waals surface area contributed by atoms with Crippen LogP contribution in [-0.4, -0.2) is 11.0 Å². The van der Waals surface area contributed by atoms with Gasteiger partial charge < -0.3 is 5.21 Å². The highest BCUT2D eigenvalue weighted by Gasteiger charge is 2.10. The second-order valence-electron chi connectivity index (χ2n) is 3.89. The van der Waals surface area contributed by atoms with E-state index in [0.29, 0.717) is 26.6 Å². The molecular weight excluding hydrogens is 253 g/mol. The molecule has 0 N–H and O–H groups in total. The van der Waals surface area contributed by atoms with Crippen LogP contribution >= 0.6 is 11.6 Å². The summed E-state index contributed by atoms with van der Waals surface area (Å²) >= 11 is 5.76. The summed E-state index contributed by atoms with van der Waals surface area (Å²) in [6, 6.07) is 11.3. The molecule has 0 atom stereocenters. The summed E-state index contributed by atoms with van der Waals surface area (Å²) < 4.78 is 14.0. The fourth-order valence-corrected chi connectivity index (χ4v) is 1.71. The summed E-state index contributed by atoms with van der Waals surface area (Å²) in [5, 5.41) is 12.5. The summed E-state index contributed by atoms with van der Waals surface area (Å²) in [7, 11) is 0. The van der Waals surface area contributed by atoms with Crippen molar-refractivity contribution in [1.29, 1.82) is 0 Å². The molecule has 0 aromatic heterocycles. The average Bonchev–Trinajstić information content (AvgIpc) is 2.35. The molecule has 0 unspecified atom stereocenters. The fourth-order valence-electron chi connectivity index (χ4n) is 1.59. The number of halogens is 2. The number of rotatable bonds is 2. The van der Waals surface area contributed by atoms with Gasteiger partial charge >= 0.3 is 0 Å². The minimum atomic E-state index is -0.391. The van der Waals surface area contributed by atoms with Gasteiger partial charge in [-0.2, -0.15) is 4.74 Å². The molecule has 2 aromatic rings. The topological polar surface area (TPSA) is 26.1 Å². The van der Waals surface area contributed by atoms with Crippen molar-refractivity contribution in [2.45, 2.75) is 6.92 Å². The van der Waals surface area contributed by atoms with Gasteiger partial charge in [-0.15, -0.1) is 0 Å². The molecule has 0 amide bonds. The zero-order valence-electron chi connectivity index (χ0n) is 9.73. The Morgan fingerprint density at radius 3 is 2.50 bits per heavy atom. The third kappa shape index (κ3) is 2.68. The van der Waals surface area contributed by atoms with Crippen LogP contribution in [-0.2, 0) is 0 Å². The lowest BCUT2D eigenvalue weighted by Gasteiger charge is -2.06. The molecule has 18 heavy (non-hydrogen) atoms. The molecule has 0 bridgehead atoms. The van der Waals surface area contributed by atoms with Crippen LogP contribution in [0.4, 0.5) is 10.1 Å². The maximum absolute atomic E-state index is 13.3. The maximum atomic E-state index is 13.3. The molecule has 0 saturated heterocycles. The Morgan fingerprint density at radius 2 is 1.83 bits per heavy atom. The van der Waals surface area contributed by atoms with E-state index in [-0.39, 0.29) is 0 Å². The van der Waals surface area contributed by atoms with E-state index in [1.165, 1.54) is 18.3 Å². The van der Waals surface area contributed by atoms with Crippen LogP contribution in [0.15, 0.2) is 42.5 Å². The van der Waals surface area contributed by atoms with Gasteiger partial charge in [0, 0.05) is 16.7 Å². The fraction of sp³-hybridized carbons (Fsp3) is 0.0714. The van der Waals surface area contributed by atoms with E-state index < -0.39 is 5.82 Å². The Balaban J connectivity index is 2.39. The quantitative estimate of drug-likeness (QED) is 0.347. The first-order chi connectivity index (χ1) is 8.58. The average molecular weight is 264 g/mol. The number of nitrogens with zero attached hydrogens (tertiary/aromatic N) is 1. The molecule has 4 heteroatoms. The van der Waals surface area contributed by atoms with Gasteiger partial charge in [-0.3, -0.25) is 0 Å². The summed E-state index contributed by atoms with van der Waals surface area (Å²) in [6.45, 7) is 1.57. The van der Waals surface area contributed by atoms with Gasteiger partial charge in [0.05, 0.1) is 5.56 Å². The SMILES string of the molecule is Cc1c(F)cccc1[N+]([O-])=Cc1ccc(Cl)cc1. The Morgan fingerprint density at radius 1 is 1.17 bits per heavy atom. The van der Waals surface area contributed by atoms with Gasteiger partial charge in [-0.05, 0) is 37.3 Å². The molecule has 0 radical (unpaired) electrons. The molecular formula is C14H11ClFNO. The third-order valence-electron chi connectivity index (χ3n) is 2.61. The highest BCUT2D eigenvalue weighted by atomic mass is 35.5. The first-order valence-corrected chi connectivity index (χ1v) is 5.77. The van der Waals surface area contributed by atoms with Crippen molar-refractivity contribution in [1.82, 2.24) is 0 Å². The van der Waals surface area contributed by atoms with E-state index in [1.54, 1.807) is 37.3 Å². The van der Waals surface area contributed by atoms with E-state index in [1.807, 2.05) is 0 Å². The Labute approximate surface area is 110 Å². The standard InChI is InChI=1S/C14H11ClFNO/c1-10-13(16)3-2-4-14(10)17(18)9-11-5-7-12(15)8-6-11/h2-9H,1H3. The van der Waals surface area contributed by atoms with Gasteiger partial charge in [0.2, 0.25) is 5.69 Å². The van der Waals surface area contributed by atoms with Gasteiger partial charge in [-0.1, -0.05) is 17.7 Å². The van der Waals surface area contributed by atoms with Crippen LogP contribution in [0.5, 0.6) is 0 Å². The van der Waals surface area contributed by atoms with Gasteiger partial charge in [-0.25, -0.2) is 4.39 Å². The van der Waals surface area contributed by atoms with Crippen LogP contribution in [0.25, 0.3) is 0 Å². The molecule has 0 aliphatic carbocycles. The lowest BCUT2D eigenvalue weighted by atomic mass is 10.2. The zero-order chi connectivity index (χ0) is 13.1. The molecule has 0 aliphatic heterocycles. The number of benzene rings is 2. The lowest BCUT2D eigenvalue weighted by molar-refractivity contribution is -0.355. The molecule has 0 heterocycles. The van der Waals surface area contributed by atoms with Crippen LogP contribution in [0.3, 0.4) is 0 Å². The van der Waals surface area contributed by atoms with Crippen molar-refractivity contribution in [3.05, 3.63) is 69.6 Å². The van der Waals surface area contributed by atoms with E-state index in [4.69, 9.17) is 11.6 Å². The normalized spacial score (nSPS) is 11.6. The Hall–Kier alpha value is -1.87. The van der Waals surface area contributed by atoms with Crippen molar-refractivity contribution in [3.8, 4) is 0 Å². The van der Waals surface area contributed by atoms with Crippen molar-refractivity contribution < 1.29 is 9.13 Å². The predicted molar refractivity (Wildman–Crippen MR) is 71.0 cm³/mol. The largest absolute Gasteiger partial charge is 0.618 e. The molecule has 0 saturated carbocycles. The first kappa shape index (κ1) is 12.6. The third-order valence-corrected chi connectivity index (χ3v) is 2.86. The summed E-state index contributed by atoms with van der Waals surface area (Å²) in [6.07, 6.45) is 1.39. The Bertz CT molecular complexity index is 593. The monoisotopic (exact) mass is 263 g/mol. The van der Waals surface area contributed by atoms with Crippen molar-refractivity contribution in [2.24, 2.45) is 0 Å². The molecule has 2 aromatic carbocycles. The summed E-state index contributed by atoms with van der Waals surface area (Å²) in [5.41, 5.74) is 1.33. The van der Waals surface area contributed by atoms with Crippen LogP contribution in [0.2, 0.25) is 5.02 Å². The second-order valence-corrected chi connectivity index (χ2v) is 4.33. The first-order valence-electron chi connectivity index (χ1n) is 5.40. The molecule has 0 spiro atoms. The van der Waals surface area contributed by atoms with Gasteiger partial charge in [0.15, 0.2) is 6.21 Å². The van der Waals surface area contributed by atoms with Crippen LogP contribution in [0, 0.1) is 17.9 Å². The minimum absolute atomic E-state index is 0.296. The Kier molecular flexibility index (Phi) is 3.63. The molecule has 0 fully saturated rings. The summed E-state index contributed by atoms with van der Waals surface area (Å²) in [4.78, 5) is 0. The second kappa shape index (κ2) is 5.19. The molecule has 0 aliphatic rings. The number of hydrogen-bond acceptors (Lipinski definition) is 1. The van der Waals surface area contributed by atoms with E-state index in [0.717, 1.165) is 0 Å². The van der Waals surface area contributed by atoms with Crippen LogP contribution < -0.4 is 0 Å². The molecule has 2 rings (SSSR count). The maximum Gasteiger partial charge on any atom is 0.222 e. The van der Waals surface area contributed by atoms with E-state index in [9.17, 15) is 9.60 Å². The lowest BCUT2D eigenvalue weighted by Crippen LogP contribution is -2.01. The van der Waals surface area contributed by atoms with Crippen molar-refractivity contribution >= 4 is 23.5 Å².